The molecule has 3 N–H and O–H groups in total. The zero-order chi connectivity index (χ0) is 11.1. The molecule has 16 heavy (non-hydrogen) atoms. The summed E-state index contributed by atoms with van der Waals surface area (Å²) < 4.78 is 0. The fraction of sp³-hybridized carbons (Fsp3) is 0.769. The Morgan fingerprint density at radius 3 is 2.62 bits per heavy atom. The number of H-pyrrole nitrogens is 1. The van der Waals surface area contributed by atoms with Gasteiger partial charge in [-0.15, -0.1) is 0 Å². The molecule has 2 atom stereocenters. The molecular formula is C13H21N3. The van der Waals surface area contributed by atoms with Gasteiger partial charge in [-0.2, -0.15) is 5.10 Å². The van der Waals surface area contributed by atoms with Crippen molar-refractivity contribution >= 4 is 5.82 Å². The number of hydrogen-bond acceptors (Lipinski definition) is 2. The molecule has 88 valence electrons. The zero-order valence-corrected chi connectivity index (χ0v) is 10.00. The van der Waals surface area contributed by atoms with Crippen LogP contribution in [0.1, 0.15) is 56.2 Å². The molecule has 2 fully saturated rings. The summed E-state index contributed by atoms with van der Waals surface area (Å²) in [6.45, 7) is 2.20. The van der Waals surface area contributed by atoms with Crippen LogP contribution in [0.15, 0.2) is 0 Å². The Morgan fingerprint density at radius 1 is 1.31 bits per heavy atom. The van der Waals surface area contributed by atoms with E-state index >= 15 is 0 Å². The van der Waals surface area contributed by atoms with Crippen LogP contribution in [-0.2, 0) is 6.42 Å². The van der Waals surface area contributed by atoms with Crippen LogP contribution in [0.2, 0.25) is 0 Å². The number of aromatic amines is 1. The van der Waals surface area contributed by atoms with Crippen LogP contribution in [0.3, 0.4) is 0 Å². The highest BCUT2D eigenvalue weighted by molar-refractivity contribution is 5.45. The molecule has 1 aromatic rings. The second-order valence-electron chi connectivity index (χ2n) is 5.39. The van der Waals surface area contributed by atoms with E-state index in [9.17, 15) is 0 Å². The lowest BCUT2D eigenvalue weighted by molar-refractivity contribution is 0.480. The molecule has 0 radical (unpaired) electrons. The lowest BCUT2D eigenvalue weighted by Crippen LogP contribution is -1.95. The summed E-state index contributed by atoms with van der Waals surface area (Å²) in [5.41, 5.74) is 8.62. The Hall–Kier alpha value is -0.990. The van der Waals surface area contributed by atoms with Crippen molar-refractivity contribution in [3.63, 3.8) is 0 Å². The van der Waals surface area contributed by atoms with Crippen LogP contribution in [0, 0.1) is 11.8 Å². The van der Waals surface area contributed by atoms with E-state index in [1.54, 1.807) is 0 Å². The minimum absolute atomic E-state index is 0.737. The molecule has 2 unspecified atom stereocenters. The number of nitrogen functional groups attached to an aromatic ring is 1. The van der Waals surface area contributed by atoms with Crippen molar-refractivity contribution in [2.24, 2.45) is 11.8 Å². The first-order valence-corrected chi connectivity index (χ1v) is 6.65. The molecule has 0 amide bonds. The lowest BCUT2D eigenvalue weighted by Gasteiger charge is -2.04. The molecule has 2 saturated carbocycles. The van der Waals surface area contributed by atoms with E-state index < -0.39 is 0 Å². The first-order valence-electron chi connectivity index (χ1n) is 6.65. The highest BCUT2D eigenvalue weighted by Gasteiger charge is 2.52. The maximum atomic E-state index is 5.94. The van der Waals surface area contributed by atoms with E-state index in [-0.39, 0.29) is 0 Å². The molecule has 2 aliphatic rings. The minimum atomic E-state index is 0.737. The van der Waals surface area contributed by atoms with Crippen molar-refractivity contribution in [3.05, 3.63) is 11.3 Å². The standard InChI is InChI=1S/C13H21N3/c1-2-5-10-12(15-16-13(10)14)11-8-6-3-4-7-9(8)11/h8-9,11H,2-7H2,1H3,(H3,14,15,16). The summed E-state index contributed by atoms with van der Waals surface area (Å²) >= 11 is 0. The van der Waals surface area contributed by atoms with Crippen LogP contribution >= 0.6 is 0 Å². The maximum Gasteiger partial charge on any atom is 0.148 e. The molecule has 0 aliphatic heterocycles. The van der Waals surface area contributed by atoms with E-state index in [1.165, 1.54) is 36.9 Å². The minimum Gasteiger partial charge on any atom is -0.382 e. The van der Waals surface area contributed by atoms with Crippen molar-refractivity contribution in [1.82, 2.24) is 10.2 Å². The number of nitrogens with zero attached hydrogens (tertiary/aromatic N) is 1. The van der Waals surface area contributed by atoms with Crippen molar-refractivity contribution in [1.29, 1.82) is 0 Å². The van der Waals surface area contributed by atoms with Crippen LogP contribution in [0.25, 0.3) is 0 Å². The molecule has 2 aliphatic carbocycles. The molecule has 0 spiro atoms. The number of hydrogen-bond donors (Lipinski definition) is 2. The fourth-order valence-electron chi connectivity index (χ4n) is 3.60. The Bertz CT molecular complexity index is 371. The van der Waals surface area contributed by atoms with E-state index in [0.717, 1.165) is 36.4 Å². The Labute approximate surface area is 96.8 Å². The molecular weight excluding hydrogens is 198 g/mol. The summed E-state index contributed by atoms with van der Waals surface area (Å²) in [5, 5.41) is 7.41. The second kappa shape index (κ2) is 3.79. The second-order valence-corrected chi connectivity index (χ2v) is 5.39. The van der Waals surface area contributed by atoms with Crippen molar-refractivity contribution in [2.45, 2.75) is 51.4 Å². The SMILES string of the molecule is CCCc1c(N)n[nH]c1C1C2CCCCC21. The number of anilines is 1. The van der Waals surface area contributed by atoms with Gasteiger partial charge in [0.2, 0.25) is 0 Å². The highest BCUT2D eigenvalue weighted by atomic mass is 15.2. The van der Waals surface area contributed by atoms with Crippen LogP contribution in [0.5, 0.6) is 0 Å². The highest BCUT2D eigenvalue weighted by Crippen LogP contribution is 2.61. The van der Waals surface area contributed by atoms with Gasteiger partial charge in [-0.1, -0.05) is 26.2 Å². The molecule has 3 nitrogen and oxygen atoms in total. The first kappa shape index (κ1) is 10.2. The van der Waals surface area contributed by atoms with Gasteiger partial charge in [0.1, 0.15) is 5.82 Å². The first-order chi connectivity index (χ1) is 7.83. The predicted molar refractivity (Wildman–Crippen MR) is 65.2 cm³/mol. The average Bonchev–Trinajstić information content (AvgIpc) is 2.93. The van der Waals surface area contributed by atoms with E-state index in [2.05, 4.69) is 17.1 Å². The molecule has 1 aromatic heterocycles. The van der Waals surface area contributed by atoms with Crippen LogP contribution in [0.4, 0.5) is 5.82 Å². The number of nitrogens with one attached hydrogen (secondary N) is 1. The smallest absolute Gasteiger partial charge is 0.148 e. The monoisotopic (exact) mass is 219 g/mol. The van der Waals surface area contributed by atoms with Gasteiger partial charge >= 0.3 is 0 Å². The van der Waals surface area contributed by atoms with E-state index in [0.29, 0.717) is 0 Å². The van der Waals surface area contributed by atoms with Crippen molar-refractivity contribution < 1.29 is 0 Å². The summed E-state index contributed by atoms with van der Waals surface area (Å²) in [7, 11) is 0. The van der Waals surface area contributed by atoms with Gasteiger partial charge in [0, 0.05) is 17.2 Å². The molecule has 3 rings (SSSR count). The van der Waals surface area contributed by atoms with Gasteiger partial charge in [0.25, 0.3) is 0 Å². The average molecular weight is 219 g/mol. The lowest BCUT2D eigenvalue weighted by atomic mass is 10.0. The zero-order valence-electron chi connectivity index (χ0n) is 10.00. The Morgan fingerprint density at radius 2 is 2.00 bits per heavy atom. The number of fused-ring (bicyclic) bond motifs is 1. The normalized spacial score (nSPS) is 32.4. The third-order valence-corrected chi connectivity index (χ3v) is 4.42. The third kappa shape index (κ3) is 1.45. The van der Waals surface area contributed by atoms with E-state index in [4.69, 9.17) is 5.73 Å². The molecule has 0 aromatic carbocycles. The summed E-state index contributed by atoms with van der Waals surface area (Å²) in [6, 6.07) is 0. The topological polar surface area (TPSA) is 54.7 Å². The third-order valence-electron chi connectivity index (χ3n) is 4.42. The van der Waals surface area contributed by atoms with Gasteiger partial charge in [-0.3, -0.25) is 5.10 Å². The number of nitrogens with two attached hydrogens (primary N) is 1. The van der Waals surface area contributed by atoms with Crippen LogP contribution in [-0.4, -0.2) is 10.2 Å². The predicted octanol–water partition coefficient (Wildman–Crippen LogP) is 2.85. The van der Waals surface area contributed by atoms with Gasteiger partial charge in [-0.05, 0) is 31.1 Å². The Balaban J connectivity index is 1.84. The van der Waals surface area contributed by atoms with E-state index in [1.807, 2.05) is 0 Å². The quantitative estimate of drug-likeness (QED) is 0.821. The fourth-order valence-corrected chi connectivity index (χ4v) is 3.60. The number of aromatic nitrogens is 2. The number of rotatable bonds is 3. The van der Waals surface area contributed by atoms with Gasteiger partial charge in [-0.25, -0.2) is 0 Å². The van der Waals surface area contributed by atoms with Crippen molar-refractivity contribution in [3.8, 4) is 0 Å². The Kier molecular flexibility index (Phi) is 2.41. The molecule has 0 saturated heterocycles. The van der Waals surface area contributed by atoms with Crippen LogP contribution < -0.4 is 5.73 Å². The summed E-state index contributed by atoms with van der Waals surface area (Å²) in [5.74, 6) is 3.36. The van der Waals surface area contributed by atoms with Gasteiger partial charge < -0.3 is 5.73 Å². The molecule has 1 heterocycles. The summed E-state index contributed by atoms with van der Waals surface area (Å²) in [4.78, 5) is 0. The maximum absolute atomic E-state index is 5.94. The van der Waals surface area contributed by atoms with Gasteiger partial charge in [0.15, 0.2) is 0 Å². The van der Waals surface area contributed by atoms with Gasteiger partial charge in [0.05, 0.1) is 0 Å². The summed E-state index contributed by atoms with van der Waals surface area (Å²) in [6.07, 6.45) is 7.90. The largest absolute Gasteiger partial charge is 0.382 e. The molecule has 3 heteroatoms. The molecule has 0 bridgehead atoms. The van der Waals surface area contributed by atoms with Crippen molar-refractivity contribution in [2.75, 3.05) is 5.73 Å².